The molecule has 0 aliphatic carbocycles. The minimum atomic E-state index is -2.62. The molecule has 2 aliphatic rings. The summed E-state index contributed by atoms with van der Waals surface area (Å²) in [5.74, 6) is 0.258. The van der Waals surface area contributed by atoms with Gasteiger partial charge in [-0.25, -0.2) is 24.1 Å². The number of hydrogen-bond acceptors (Lipinski definition) is 12. The number of fused-ring (bicyclic) bond motifs is 1. The number of alkyl halides is 1. The van der Waals surface area contributed by atoms with Crippen LogP contribution in [0.5, 0.6) is 11.5 Å². The lowest BCUT2D eigenvalue weighted by molar-refractivity contribution is -0.169. The molecule has 15 heteroatoms. The molecule has 6 atom stereocenters. The molecule has 0 spiro atoms. The van der Waals surface area contributed by atoms with Crippen molar-refractivity contribution < 1.29 is 37.9 Å². The maximum absolute atomic E-state index is 15.8. The van der Waals surface area contributed by atoms with E-state index in [1.54, 1.807) is 18.2 Å². The molecule has 2 aromatic heterocycles. The van der Waals surface area contributed by atoms with Crippen LogP contribution >= 0.6 is 8.17 Å². The lowest BCUT2D eigenvalue weighted by Crippen LogP contribution is -2.41. The molecule has 4 heterocycles. The number of esters is 1. The lowest BCUT2D eigenvalue weighted by atomic mass is 9.98. The molecular formula is C23H26FN6O7P. The number of imidazole rings is 1. The molecule has 0 bridgehead atoms. The number of carbonyl (C=O) groups excluding carboxylic acids is 1. The number of halogens is 1. The first kappa shape index (κ1) is 26.2. The summed E-state index contributed by atoms with van der Waals surface area (Å²) in [6, 6.07) is 5.34. The summed E-state index contributed by atoms with van der Waals surface area (Å²) in [4.78, 5) is 38.7. The first-order valence-electron chi connectivity index (χ1n) is 11.8. The number of methoxy groups -OCH3 is 1. The number of benzene rings is 1. The molecule has 1 aromatic carbocycles. The number of carbonyl (C=O) groups is 1. The number of aromatic nitrogens is 4. The highest BCUT2D eigenvalue weighted by Gasteiger charge is 2.55. The van der Waals surface area contributed by atoms with Gasteiger partial charge in [-0.15, -0.1) is 0 Å². The fourth-order valence-corrected chi connectivity index (χ4v) is 4.88. The van der Waals surface area contributed by atoms with Crippen LogP contribution in [0.2, 0.25) is 0 Å². The Hall–Kier alpha value is -3.45. The van der Waals surface area contributed by atoms with Gasteiger partial charge in [0, 0.05) is 13.1 Å². The Morgan fingerprint density at radius 3 is 2.79 bits per heavy atom. The van der Waals surface area contributed by atoms with Gasteiger partial charge in [-0.05, 0) is 26.0 Å². The van der Waals surface area contributed by atoms with Crippen LogP contribution in [0.3, 0.4) is 0 Å². The van der Waals surface area contributed by atoms with Gasteiger partial charge in [0.05, 0.1) is 13.4 Å². The van der Waals surface area contributed by atoms with Crippen molar-refractivity contribution in [3.63, 3.8) is 0 Å². The van der Waals surface area contributed by atoms with E-state index in [0.717, 1.165) is 13.1 Å². The zero-order chi connectivity index (χ0) is 27.0. The highest BCUT2D eigenvalue weighted by atomic mass is 31.1. The second-order valence-corrected chi connectivity index (χ2v) is 9.92. The highest BCUT2D eigenvalue weighted by molar-refractivity contribution is 7.34. The van der Waals surface area contributed by atoms with Crippen LogP contribution in [-0.2, 0) is 14.3 Å². The van der Waals surface area contributed by atoms with Crippen LogP contribution in [0, 0.1) is 0 Å². The maximum Gasteiger partial charge on any atom is 0.395 e. The van der Waals surface area contributed by atoms with E-state index in [1.807, 2.05) is 4.90 Å². The Labute approximate surface area is 217 Å². The van der Waals surface area contributed by atoms with Crippen LogP contribution in [0.15, 0.2) is 41.7 Å². The van der Waals surface area contributed by atoms with Crippen molar-refractivity contribution in [2.45, 2.75) is 44.0 Å². The van der Waals surface area contributed by atoms with Crippen LogP contribution in [0.25, 0.3) is 11.2 Å². The van der Waals surface area contributed by atoms with E-state index in [4.69, 9.17) is 14.0 Å². The second kappa shape index (κ2) is 10.4. The van der Waals surface area contributed by atoms with Crippen molar-refractivity contribution in [1.82, 2.24) is 19.5 Å². The smallest absolute Gasteiger partial charge is 0.395 e. The van der Waals surface area contributed by atoms with E-state index in [0.29, 0.717) is 17.0 Å². The van der Waals surface area contributed by atoms with Gasteiger partial charge in [0.2, 0.25) is 5.75 Å². The molecule has 0 amide bonds. The van der Waals surface area contributed by atoms with Crippen molar-refractivity contribution in [2.75, 3.05) is 31.7 Å². The first-order chi connectivity index (χ1) is 18.2. The molecule has 0 saturated carbocycles. The summed E-state index contributed by atoms with van der Waals surface area (Å²) >= 11 is 0. The van der Waals surface area contributed by atoms with Gasteiger partial charge >= 0.3 is 14.1 Å². The second-order valence-electron chi connectivity index (χ2n) is 9.03. The number of para-hydroxylation sites is 2. The van der Waals surface area contributed by atoms with E-state index in [1.165, 1.54) is 44.2 Å². The predicted octanol–water partition coefficient (Wildman–Crippen LogP) is 1.51. The van der Waals surface area contributed by atoms with Gasteiger partial charge < -0.3 is 29.1 Å². The average Bonchev–Trinajstić information content (AvgIpc) is 3.62. The third-order valence-corrected chi connectivity index (χ3v) is 7.18. The first-order valence-corrected chi connectivity index (χ1v) is 12.9. The zero-order valence-electron chi connectivity index (χ0n) is 20.8. The van der Waals surface area contributed by atoms with Crippen LogP contribution in [-0.4, -0.2) is 81.3 Å². The van der Waals surface area contributed by atoms with Crippen LogP contribution in [0.4, 0.5) is 10.2 Å². The van der Waals surface area contributed by atoms with Crippen LogP contribution in [0.1, 0.15) is 20.1 Å². The number of anilines is 1. The normalized spacial score (nSPS) is 25.9. The van der Waals surface area contributed by atoms with Crippen molar-refractivity contribution in [1.29, 1.82) is 0 Å². The average molecular weight is 548 g/mol. The topological polar surface area (TPSA) is 156 Å². The SMILES string of the molecule is COC(=O)[C@H](C)N=[P+]([O-])Oc1ccccc1OC[C@H]1O[C@@H](n2cnc3c(N4CC4)ncnc32)[C@](C)(F)[C@@H]1O. The molecule has 13 nitrogen and oxygen atoms in total. The fourth-order valence-electron chi connectivity index (χ4n) is 4.14. The number of nitrogens with zero attached hydrogens (tertiary/aromatic N) is 6. The van der Waals surface area contributed by atoms with Gasteiger partial charge in [0.1, 0.15) is 25.1 Å². The monoisotopic (exact) mass is 548 g/mol. The molecular weight excluding hydrogens is 522 g/mol. The Balaban J connectivity index is 1.31. The molecule has 1 unspecified atom stereocenters. The Kier molecular flexibility index (Phi) is 7.14. The minimum absolute atomic E-state index is 0.0846. The zero-order valence-corrected chi connectivity index (χ0v) is 21.7. The summed E-state index contributed by atoms with van der Waals surface area (Å²) in [6.45, 7) is 4.14. The Morgan fingerprint density at radius 2 is 2.08 bits per heavy atom. The van der Waals surface area contributed by atoms with Gasteiger partial charge in [-0.2, -0.15) is 0 Å². The number of aliphatic hydroxyl groups is 1. The summed E-state index contributed by atoms with van der Waals surface area (Å²) in [6.07, 6.45) is -1.03. The minimum Gasteiger partial charge on any atom is -0.575 e. The molecule has 0 radical (unpaired) electrons. The van der Waals surface area contributed by atoms with Crippen molar-refractivity contribution in [3.05, 3.63) is 36.9 Å². The number of aliphatic hydroxyl groups excluding tert-OH is 1. The lowest BCUT2D eigenvalue weighted by Gasteiger charge is -2.24. The molecule has 2 saturated heterocycles. The van der Waals surface area contributed by atoms with Gasteiger partial charge in [0.15, 0.2) is 40.7 Å². The van der Waals surface area contributed by atoms with Gasteiger partial charge in [-0.3, -0.25) is 9.09 Å². The molecule has 3 aromatic rings. The van der Waals surface area contributed by atoms with E-state index in [9.17, 15) is 14.8 Å². The molecule has 202 valence electrons. The van der Waals surface area contributed by atoms with E-state index in [2.05, 4.69) is 24.4 Å². The highest BCUT2D eigenvalue weighted by Crippen LogP contribution is 2.43. The standard InChI is InChI=1S/C23H26FN6O7P/c1-13(21(32)34-3)28-38(33)37-15-7-5-4-6-14(15)35-10-16-18(31)23(2,24)22(36-16)30-12-27-17-19(29-8-9-29)25-11-26-20(17)30/h4-7,11-13,16,18,22,31H,8-10H2,1-3H3/t13-,16+,18+,22+,23+/m0/s1. The third kappa shape index (κ3) is 4.99. The molecule has 1 N–H and O–H groups in total. The summed E-state index contributed by atoms with van der Waals surface area (Å²) < 4.78 is 42.6. The number of hydrogen-bond donors (Lipinski definition) is 1. The van der Waals surface area contributed by atoms with E-state index in [-0.39, 0.29) is 18.1 Å². The summed E-state index contributed by atoms with van der Waals surface area (Å²) in [7, 11) is -1.42. The largest absolute Gasteiger partial charge is 0.575 e. The Morgan fingerprint density at radius 1 is 1.34 bits per heavy atom. The number of ether oxygens (including phenoxy) is 3. The Bertz CT molecular complexity index is 1370. The van der Waals surface area contributed by atoms with E-state index < -0.39 is 44.3 Å². The summed E-state index contributed by atoms with van der Waals surface area (Å²) in [5, 5.41) is 10.8. The molecule has 2 fully saturated rings. The van der Waals surface area contributed by atoms with Crippen LogP contribution < -0.4 is 19.1 Å². The predicted molar refractivity (Wildman–Crippen MR) is 130 cm³/mol. The number of rotatable bonds is 9. The summed E-state index contributed by atoms with van der Waals surface area (Å²) in [5.41, 5.74) is -1.29. The molecule has 5 rings (SSSR count). The molecule has 38 heavy (non-hydrogen) atoms. The maximum atomic E-state index is 15.8. The van der Waals surface area contributed by atoms with Crippen molar-refractivity contribution in [2.24, 2.45) is 4.74 Å². The van der Waals surface area contributed by atoms with Crippen molar-refractivity contribution >= 4 is 31.1 Å². The fraction of sp³-hybridized carbons (Fsp3) is 0.478. The quantitative estimate of drug-likeness (QED) is 0.235. The molecule has 2 aliphatic heterocycles. The van der Waals surface area contributed by atoms with Gasteiger partial charge in [-0.1, -0.05) is 16.9 Å². The van der Waals surface area contributed by atoms with Crippen molar-refractivity contribution in [3.8, 4) is 11.5 Å². The van der Waals surface area contributed by atoms with Gasteiger partial charge in [0.25, 0.3) is 0 Å². The third-order valence-electron chi connectivity index (χ3n) is 6.29. The van der Waals surface area contributed by atoms with E-state index >= 15 is 4.39 Å².